The lowest BCUT2D eigenvalue weighted by Crippen LogP contribution is -2.09. The van der Waals surface area contributed by atoms with Crippen LogP contribution in [-0.2, 0) is 0 Å². The van der Waals surface area contributed by atoms with Gasteiger partial charge in [0.15, 0.2) is 5.75 Å². The molecule has 8 heteroatoms. The lowest BCUT2D eigenvalue weighted by Gasteiger charge is -2.12. The third-order valence-corrected chi connectivity index (χ3v) is 2.62. The normalized spacial score (nSPS) is 10.6. The van der Waals surface area contributed by atoms with Gasteiger partial charge in [-0.3, -0.25) is 0 Å². The predicted molar refractivity (Wildman–Crippen MR) is 55.1 cm³/mol. The van der Waals surface area contributed by atoms with Crippen molar-refractivity contribution in [2.45, 2.75) is 6.61 Å². The molecule has 0 amide bonds. The van der Waals surface area contributed by atoms with E-state index in [0.29, 0.717) is 0 Å². The van der Waals surface area contributed by atoms with E-state index >= 15 is 0 Å². The summed E-state index contributed by atoms with van der Waals surface area (Å²) < 4.78 is 28.0. The molecule has 3 nitrogen and oxygen atoms in total. The Labute approximate surface area is 103 Å². The van der Waals surface area contributed by atoms with Crippen molar-refractivity contribution in [3.05, 3.63) is 26.7 Å². The van der Waals surface area contributed by atoms with Gasteiger partial charge in [0.1, 0.15) is 5.56 Å². The van der Waals surface area contributed by atoms with Crippen LogP contribution in [0.1, 0.15) is 10.4 Å². The van der Waals surface area contributed by atoms with E-state index in [9.17, 15) is 13.6 Å². The SMILES string of the molecule is O=C(O)c1c(Cl)c(Cl)cc(Cl)c1OC(F)F. The van der Waals surface area contributed by atoms with Crippen LogP contribution in [0.4, 0.5) is 8.78 Å². The average molecular weight is 291 g/mol. The molecule has 0 fully saturated rings. The number of halogens is 5. The van der Waals surface area contributed by atoms with Crippen LogP contribution in [-0.4, -0.2) is 17.7 Å². The quantitative estimate of drug-likeness (QED) is 0.858. The molecule has 0 aromatic heterocycles. The first-order valence-corrected chi connectivity index (χ1v) is 4.83. The Morgan fingerprint density at radius 3 is 2.31 bits per heavy atom. The second kappa shape index (κ2) is 5.03. The number of carbonyl (C=O) groups is 1. The lowest BCUT2D eigenvalue weighted by atomic mass is 10.2. The zero-order valence-electron chi connectivity index (χ0n) is 7.31. The molecule has 1 rings (SSSR count). The highest BCUT2D eigenvalue weighted by molar-refractivity contribution is 6.45. The number of aromatic carboxylic acids is 1. The van der Waals surface area contributed by atoms with Crippen LogP contribution in [0.15, 0.2) is 6.07 Å². The van der Waals surface area contributed by atoms with Crippen molar-refractivity contribution in [2.75, 3.05) is 0 Å². The van der Waals surface area contributed by atoms with E-state index in [1.54, 1.807) is 0 Å². The second-order valence-electron chi connectivity index (χ2n) is 2.54. The van der Waals surface area contributed by atoms with Gasteiger partial charge < -0.3 is 9.84 Å². The van der Waals surface area contributed by atoms with Crippen molar-refractivity contribution in [1.29, 1.82) is 0 Å². The maximum atomic E-state index is 12.0. The van der Waals surface area contributed by atoms with Crippen LogP contribution >= 0.6 is 34.8 Å². The maximum Gasteiger partial charge on any atom is 0.387 e. The van der Waals surface area contributed by atoms with Gasteiger partial charge in [-0.05, 0) is 6.07 Å². The number of ether oxygens (including phenoxy) is 1. The zero-order chi connectivity index (χ0) is 12.5. The van der Waals surface area contributed by atoms with Crippen molar-refractivity contribution in [1.82, 2.24) is 0 Å². The van der Waals surface area contributed by atoms with E-state index in [0.717, 1.165) is 6.07 Å². The van der Waals surface area contributed by atoms with Gasteiger partial charge in [0.2, 0.25) is 0 Å². The molecule has 0 atom stereocenters. The Morgan fingerprint density at radius 2 is 1.88 bits per heavy atom. The Hall–Kier alpha value is -0.780. The van der Waals surface area contributed by atoms with Gasteiger partial charge in [0.25, 0.3) is 0 Å². The smallest absolute Gasteiger partial charge is 0.387 e. The summed E-state index contributed by atoms with van der Waals surface area (Å²) in [6.45, 7) is -3.21. The number of alkyl halides is 2. The highest BCUT2D eigenvalue weighted by Gasteiger charge is 2.24. The Bertz CT molecular complexity index is 437. The molecule has 0 radical (unpaired) electrons. The monoisotopic (exact) mass is 290 g/mol. The fourth-order valence-corrected chi connectivity index (χ4v) is 1.70. The molecular formula is C8H3Cl3F2O3. The van der Waals surface area contributed by atoms with Crippen molar-refractivity contribution in [3.63, 3.8) is 0 Å². The van der Waals surface area contributed by atoms with Gasteiger partial charge in [-0.2, -0.15) is 8.78 Å². The molecule has 0 aliphatic heterocycles. The van der Waals surface area contributed by atoms with E-state index in [1.165, 1.54) is 0 Å². The van der Waals surface area contributed by atoms with E-state index in [4.69, 9.17) is 39.9 Å². The van der Waals surface area contributed by atoms with Crippen LogP contribution in [0, 0.1) is 0 Å². The molecule has 0 aliphatic rings. The third-order valence-electron chi connectivity index (χ3n) is 1.55. The van der Waals surface area contributed by atoms with Gasteiger partial charge >= 0.3 is 12.6 Å². The zero-order valence-corrected chi connectivity index (χ0v) is 9.58. The highest BCUT2D eigenvalue weighted by atomic mass is 35.5. The number of benzene rings is 1. The molecule has 0 saturated heterocycles. The summed E-state index contributed by atoms with van der Waals surface area (Å²) in [5, 5.41) is 7.86. The van der Waals surface area contributed by atoms with Crippen LogP contribution in [0.5, 0.6) is 5.75 Å². The number of carboxylic acid groups (broad SMARTS) is 1. The molecular weight excluding hydrogens is 288 g/mol. The first-order valence-electron chi connectivity index (χ1n) is 3.70. The lowest BCUT2D eigenvalue weighted by molar-refractivity contribution is -0.0502. The van der Waals surface area contributed by atoms with E-state index < -0.39 is 28.9 Å². The summed E-state index contributed by atoms with van der Waals surface area (Å²) >= 11 is 16.6. The first kappa shape index (κ1) is 13.3. The Kier molecular flexibility index (Phi) is 4.18. The molecule has 1 N–H and O–H groups in total. The highest BCUT2D eigenvalue weighted by Crippen LogP contribution is 2.39. The van der Waals surface area contributed by atoms with E-state index in [-0.39, 0.29) is 10.0 Å². The van der Waals surface area contributed by atoms with Crippen LogP contribution in [0.25, 0.3) is 0 Å². The molecule has 0 aliphatic carbocycles. The van der Waals surface area contributed by atoms with E-state index in [1.807, 2.05) is 0 Å². The molecule has 0 heterocycles. The van der Waals surface area contributed by atoms with Gasteiger partial charge in [-0.15, -0.1) is 0 Å². The summed E-state index contributed by atoms with van der Waals surface area (Å²) in [5.41, 5.74) is -0.695. The minimum Gasteiger partial charge on any atom is -0.477 e. The average Bonchev–Trinajstić information content (AvgIpc) is 2.13. The fraction of sp³-hybridized carbons (Fsp3) is 0.125. The number of rotatable bonds is 3. The van der Waals surface area contributed by atoms with Gasteiger partial charge in [0, 0.05) is 0 Å². The van der Waals surface area contributed by atoms with Crippen LogP contribution in [0.3, 0.4) is 0 Å². The molecule has 1 aromatic carbocycles. The molecule has 88 valence electrons. The van der Waals surface area contributed by atoms with E-state index in [2.05, 4.69) is 4.74 Å². The minimum atomic E-state index is -3.21. The molecule has 1 aromatic rings. The molecule has 16 heavy (non-hydrogen) atoms. The van der Waals surface area contributed by atoms with Crippen LogP contribution in [0.2, 0.25) is 15.1 Å². The topological polar surface area (TPSA) is 46.5 Å². The molecule has 0 bridgehead atoms. The third kappa shape index (κ3) is 2.66. The summed E-state index contributed by atoms with van der Waals surface area (Å²) in [4.78, 5) is 10.8. The standard InChI is InChI=1S/C8H3Cl3F2O3/c9-2-1-3(10)6(16-8(12)13)4(5(2)11)7(14)15/h1,8H,(H,14,15). The van der Waals surface area contributed by atoms with Crippen molar-refractivity contribution in [2.24, 2.45) is 0 Å². The van der Waals surface area contributed by atoms with Crippen molar-refractivity contribution >= 4 is 40.8 Å². The summed E-state index contributed by atoms with van der Waals surface area (Å²) in [6.07, 6.45) is 0. The number of hydrogen-bond acceptors (Lipinski definition) is 2. The Morgan fingerprint density at radius 1 is 1.31 bits per heavy atom. The Balaban J connectivity index is 3.44. The first-order chi connectivity index (χ1) is 7.34. The minimum absolute atomic E-state index is 0.161. The van der Waals surface area contributed by atoms with Gasteiger partial charge in [-0.1, -0.05) is 34.8 Å². The van der Waals surface area contributed by atoms with Gasteiger partial charge in [0.05, 0.1) is 15.1 Å². The second-order valence-corrected chi connectivity index (χ2v) is 3.73. The summed E-state index contributed by atoms with van der Waals surface area (Å²) in [5.74, 6) is -2.27. The number of carboxylic acids is 1. The van der Waals surface area contributed by atoms with Crippen LogP contribution < -0.4 is 4.74 Å². The summed E-state index contributed by atoms with van der Waals surface area (Å²) in [7, 11) is 0. The van der Waals surface area contributed by atoms with Crippen molar-refractivity contribution in [3.8, 4) is 5.75 Å². The largest absolute Gasteiger partial charge is 0.477 e. The van der Waals surface area contributed by atoms with Gasteiger partial charge in [-0.25, -0.2) is 4.79 Å². The summed E-state index contributed by atoms with van der Waals surface area (Å²) in [6, 6.07) is 1.02. The molecule has 0 saturated carbocycles. The number of hydrogen-bond donors (Lipinski definition) is 1. The predicted octanol–water partition coefficient (Wildman–Crippen LogP) is 3.95. The molecule has 0 spiro atoms. The maximum absolute atomic E-state index is 12.0. The molecule has 0 unspecified atom stereocenters. The fourth-order valence-electron chi connectivity index (χ4n) is 0.974. The van der Waals surface area contributed by atoms with Crippen molar-refractivity contribution < 1.29 is 23.4 Å².